The van der Waals surface area contributed by atoms with Gasteiger partial charge in [0, 0.05) is 11.2 Å². The smallest absolute Gasteiger partial charge is 0.144 e. The normalized spacial score (nSPS) is 10.5. The van der Waals surface area contributed by atoms with Gasteiger partial charge in [-0.3, -0.25) is 0 Å². The number of pyridine rings is 1. The zero-order valence-corrected chi connectivity index (χ0v) is 13.0. The fraction of sp³-hybridized carbons (Fsp3) is 0.154. The van der Waals surface area contributed by atoms with Crippen molar-refractivity contribution in [3.8, 4) is 0 Å². The molecule has 2 aromatic rings. The maximum Gasteiger partial charge on any atom is 0.144 e. The third-order valence-corrected chi connectivity index (χ3v) is 4.30. The molecule has 0 bridgehead atoms. The molecule has 0 unspecified atom stereocenters. The first-order valence-corrected chi connectivity index (χ1v) is 6.87. The number of nitrogens with zero attached hydrogens (tertiary/aromatic N) is 1. The zero-order chi connectivity index (χ0) is 13.3. The molecule has 0 amide bonds. The van der Waals surface area contributed by atoms with Crippen molar-refractivity contribution in [2.75, 3.05) is 5.32 Å². The van der Waals surface area contributed by atoms with Gasteiger partial charge in [0.2, 0.25) is 0 Å². The van der Waals surface area contributed by atoms with E-state index in [1.54, 1.807) is 12.3 Å². The van der Waals surface area contributed by atoms with Crippen molar-refractivity contribution in [3.63, 3.8) is 0 Å². The summed E-state index contributed by atoms with van der Waals surface area (Å²) >= 11 is 15.8. The maximum absolute atomic E-state index is 6.18. The van der Waals surface area contributed by atoms with Gasteiger partial charge in [0.1, 0.15) is 5.82 Å². The van der Waals surface area contributed by atoms with Crippen LogP contribution < -0.4 is 5.32 Å². The Morgan fingerprint density at radius 2 is 1.83 bits per heavy atom. The first-order chi connectivity index (χ1) is 8.49. The average Bonchev–Trinajstić information content (AvgIpc) is 2.32. The summed E-state index contributed by atoms with van der Waals surface area (Å²) < 4.78 is 0.915. The van der Waals surface area contributed by atoms with Gasteiger partial charge in [-0.25, -0.2) is 4.98 Å². The molecule has 2 rings (SSSR count). The summed E-state index contributed by atoms with van der Waals surface area (Å²) in [6, 6.07) is 5.56. The Hall–Kier alpha value is -0.770. The largest absolute Gasteiger partial charge is 0.338 e. The molecule has 0 aliphatic rings. The van der Waals surface area contributed by atoms with Gasteiger partial charge in [-0.15, -0.1) is 0 Å². The minimum absolute atomic E-state index is 0.618. The molecule has 1 N–H and O–H groups in total. The number of hydrogen-bond acceptors (Lipinski definition) is 2. The van der Waals surface area contributed by atoms with Crippen LogP contribution in [0.15, 0.2) is 28.9 Å². The lowest BCUT2D eigenvalue weighted by Crippen LogP contribution is -1.97. The van der Waals surface area contributed by atoms with Crippen LogP contribution in [0.5, 0.6) is 0 Å². The van der Waals surface area contributed by atoms with E-state index in [-0.39, 0.29) is 0 Å². The molecule has 1 heterocycles. The maximum atomic E-state index is 6.18. The van der Waals surface area contributed by atoms with Crippen molar-refractivity contribution >= 4 is 50.6 Å². The highest BCUT2D eigenvalue weighted by atomic mass is 79.9. The lowest BCUT2D eigenvalue weighted by molar-refractivity contribution is 1.25. The van der Waals surface area contributed by atoms with Crippen LogP contribution in [-0.4, -0.2) is 4.98 Å². The summed E-state index contributed by atoms with van der Waals surface area (Å²) in [5, 5.41) is 4.46. The molecule has 1 aromatic carbocycles. The Bertz CT molecular complexity index is 600. The van der Waals surface area contributed by atoms with E-state index in [0.717, 1.165) is 27.1 Å². The molecule has 0 saturated heterocycles. The van der Waals surface area contributed by atoms with Gasteiger partial charge in [-0.05, 0) is 59.1 Å². The molecule has 2 nitrogen and oxygen atoms in total. The number of hydrogen-bond donors (Lipinski definition) is 1. The molecule has 0 atom stereocenters. The Labute approximate surface area is 124 Å². The minimum atomic E-state index is 0.618. The molecular weight excluding hydrogens is 335 g/mol. The number of rotatable bonds is 2. The predicted octanol–water partition coefficient (Wildman–Crippen LogP) is 5.51. The summed E-state index contributed by atoms with van der Waals surface area (Å²) in [7, 11) is 0. The highest BCUT2D eigenvalue weighted by molar-refractivity contribution is 9.10. The molecule has 0 radical (unpaired) electrons. The average molecular weight is 346 g/mol. The monoisotopic (exact) mass is 344 g/mol. The van der Waals surface area contributed by atoms with Crippen LogP contribution >= 0.6 is 39.1 Å². The number of aromatic nitrogens is 1. The Morgan fingerprint density at radius 1 is 1.11 bits per heavy atom. The van der Waals surface area contributed by atoms with Crippen LogP contribution in [0.2, 0.25) is 10.0 Å². The van der Waals surface area contributed by atoms with E-state index in [2.05, 4.69) is 26.2 Å². The summed E-state index contributed by atoms with van der Waals surface area (Å²) in [5.74, 6) is 0.719. The number of halogens is 3. The van der Waals surface area contributed by atoms with Crippen LogP contribution in [0.1, 0.15) is 11.1 Å². The van der Waals surface area contributed by atoms with Gasteiger partial charge >= 0.3 is 0 Å². The van der Waals surface area contributed by atoms with Gasteiger partial charge in [-0.2, -0.15) is 0 Å². The van der Waals surface area contributed by atoms with Crippen LogP contribution in [0.3, 0.4) is 0 Å². The third kappa shape index (κ3) is 2.79. The minimum Gasteiger partial charge on any atom is -0.338 e. The second-order valence-electron chi connectivity index (χ2n) is 4.00. The number of aryl methyl sites for hydroxylation is 2. The van der Waals surface area contributed by atoms with E-state index in [9.17, 15) is 0 Å². The highest BCUT2D eigenvalue weighted by Gasteiger charge is 2.08. The van der Waals surface area contributed by atoms with E-state index in [1.807, 2.05) is 26.0 Å². The van der Waals surface area contributed by atoms with Crippen molar-refractivity contribution in [1.29, 1.82) is 0 Å². The van der Waals surface area contributed by atoms with Crippen molar-refractivity contribution in [1.82, 2.24) is 4.98 Å². The van der Waals surface area contributed by atoms with Gasteiger partial charge in [0.15, 0.2) is 0 Å². The zero-order valence-electron chi connectivity index (χ0n) is 9.89. The summed E-state index contributed by atoms with van der Waals surface area (Å²) in [6.45, 7) is 3.92. The van der Waals surface area contributed by atoms with Crippen molar-refractivity contribution in [3.05, 3.63) is 50.0 Å². The van der Waals surface area contributed by atoms with Gasteiger partial charge in [0.05, 0.1) is 15.2 Å². The molecule has 0 saturated carbocycles. The van der Waals surface area contributed by atoms with E-state index >= 15 is 0 Å². The number of anilines is 2. The number of nitrogens with one attached hydrogen (secondary N) is 1. The van der Waals surface area contributed by atoms with E-state index < -0.39 is 0 Å². The highest BCUT2D eigenvalue weighted by Crippen LogP contribution is 2.33. The van der Waals surface area contributed by atoms with Crippen molar-refractivity contribution in [2.24, 2.45) is 0 Å². The summed E-state index contributed by atoms with van der Waals surface area (Å²) in [5.41, 5.74) is 2.79. The first-order valence-electron chi connectivity index (χ1n) is 5.33. The molecule has 1 aromatic heterocycles. The molecule has 5 heteroatoms. The molecule has 0 aliphatic heterocycles. The fourth-order valence-corrected chi connectivity index (χ4v) is 2.26. The van der Waals surface area contributed by atoms with Crippen molar-refractivity contribution in [2.45, 2.75) is 13.8 Å². The quantitative estimate of drug-likeness (QED) is 0.776. The Balaban J connectivity index is 2.40. The molecule has 94 valence electrons. The predicted molar refractivity (Wildman–Crippen MR) is 81.2 cm³/mol. The van der Waals surface area contributed by atoms with Crippen LogP contribution in [0.25, 0.3) is 0 Å². The molecule has 0 aliphatic carbocycles. The molecule has 18 heavy (non-hydrogen) atoms. The fourth-order valence-electron chi connectivity index (χ4n) is 1.50. The lowest BCUT2D eigenvalue weighted by atomic mass is 10.2. The Kier molecular flexibility index (Phi) is 4.15. The van der Waals surface area contributed by atoms with Gasteiger partial charge in [0.25, 0.3) is 0 Å². The Morgan fingerprint density at radius 3 is 2.56 bits per heavy atom. The van der Waals surface area contributed by atoms with E-state index in [1.165, 1.54) is 0 Å². The second-order valence-corrected chi connectivity index (χ2v) is 5.60. The first kappa shape index (κ1) is 13.7. The van der Waals surface area contributed by atoms with E-state index in [4.69, 9.17) is 23.2 Å². The third-order valence-electron chi connectivity index (χ3n) is 2.58. The molecule has 0 fully saturated rings. The SMILES string of the molecule is Cc1cc(Cl)c(Nc2nccc(C)c2Br)cc1Cl. The summed E-state index contributed by atoms with van der Waals surface area (Å²) in [4.78, 5) is 4.27. The second kappa shape index (κ2) is 5.47. The standard InChI is InChI=1S/C13H11BrCl2N2/c1-7-3-4-17-13(12(7)14)18-11-6-9(15)8(2)5-10(11)16/h3-6H,1-2H3,(H,17,18). The van der Waals surface area contributed by atoms with Gasteiger partial charge < -0.3 is 5.32 Å². The number of benzene rings is 1. The van der Waals surface area contributed by atoms with Crippen molar-refractivity contribution < 1.29 is 0 Å². The lowest BCUT2D eigenvalue weighted by Gasteiger charge is -2.12. The van der Waals surface area contributed by atoms with Crippen LogP contribution in [0, 0.1) is 13.8 Å². The van der Waals surface area contributed by atoms with Crippen LogP contribution in [-0.2, 0) is 0 Å². The van der Waals surface area contributed by atoms with Gasteiger partial charge in [-0.1, -0.05) is 23.2 Å². The van der Waals surface area contributed by atoms with Crippen LogP contribution in [0.4, 0.5) is 11.5 Å². The molecular formula is C13H11BrCl2N2. The summed E-state index contributed by atoms with van der Waals surface area (Å²) in [6.07, 6.45) is 1.74. The topological polar surface area (TPSA) is 24.9 Å². The van der Waals surface area contributed by atoms with E-state index in [0.29, 0.717) is 10.0 Å². The molecule has 0 spiro atoms.